The first kappa shape index (κ1) is 13.3. The van der Waals surface area contributed by atoms with E-state index in [0.717, 1.165) is 48.0 Å². The van der Waals surface area contributed by atoms with Crippen molar-refractivity contribution in [1.82, 2.24) is 0 Å². The average molecular weight is 287 g/mol. The molecule has 4 heteroatoms. The van der Waals surface area contributed by atoms with Crippen LogP contribution in [0.25, 0.3) is 0 Å². The largest absolute Gasteiger partial charge is 0.378 e. The number of hydrogen-bond donors (Lipinski definition) is 0. The molecule has 104 valence electrons. The zero-order chi connectivity index (χ0) is 13.9. The number of anilines is 1. The number of rotatable bonds is 3. The Morgan fingerprint density at radius 2 is 1.90 bits per heavy atom. The maximum atomic E-state index is 12.7. The van der Waals surface area contributed by atoms with Gasteiger partial charge in [0.15, 0.2) is 5.78 Å². The predicted octanol–water partition coefficient (Wildman–Crippen LogP) is 3.12. The Labute approximate surface area is 122 Å². The lowest BCUT2D eigenvalue weighted by atomic mass is 10.0. The smallest absolute Gasteiger partial charge is 0.196 e. The maximum Gasteiger partial charge on any atom is 0.196 e. The lowest BCUT2D eigenvalue weighted by molar-refractivity contribution is 0.103. The van der Waals surface area contributed by atoms with Crippen molar-refractivity contribution in [2.24, 2.45) is 0 Å². The molecule has 1 aromatic heterocycles. The van der Waals surface area contributed by atoms with E-state index in [2.05, 4.69) is 10.3 Å². The summed E-state index contributed by atoms with van der Waals surface area (Å²) in [5.41, 5.74) is 2.66. The standard InChI is InChI=1S/C16H17NO2S/c1-12-11-20-16(17-7-9-19-10-8-17)14(12)15(18)13-5-3-2-4-6-13/h2-6,11H,7-10H2,1H3. The minimum atomic E-state index is 0.117. The van der Waals surface area contributed by atoms with Gasteiger partial charge < -0.3 is 9.64 Å². The van der Waals surface area contributed by atoms with Gasteiger partial charge in [-0.15, -0.1) is 11.3 Å². The van der Waals surface area contributed by atoms with Crippen molar-refractivity contribution in [3.05, 3.63) is 52.4 Å². The number of benzene rings is 1. The third kappa shape index (κ3) is 2.49. The van der Waals surface area contributed by atoms with Gasteiger partial charge in [-0.25, -0.2) is 0 Å². The summed E-state index contributed by atoms with van der Waals surface area (Å²) in [6.07, 6.45) is 0. The molecule has 1 aliphatic heterocycles. The monoisotopic (exact) mass is 287 g/mol. The average Bonchev–Trinajstić information content (AvgIpc) is 2.90. The molecule has 1 fully saturated rings. The Morgan fingerprint density at radius 3 is 2.60 bits per heavy atom. The molecule has 0 N–H and O–H groups in total. The van der Waals surface area contributed by atoms with Gasteiger partial charge >= 0.3 is 0 Å². The number of nitrogens with zero attached hydrogens (tertiary/aromatic N) is 1. The van der Waals surface area contributed by atoms with Crippen molar-refractivity contribution < 1.29 is 9.53 Å². The van der Waals surface area contributed by atoms with Crippen LogP contribution in [0.5, 0.6) is 0 Å². The summed E-state index contributed by atoms with van der Waals surface area (Å²) in [6.45, 7) is 5.19. The Hall–Kier alpha value is -1.65. The van der Waals surface area contributed by atoms with Gasteiger partial charge in [0.1, 0.15) is 5.00 Å². The van der Waals surface area contributed by atoms with E-state index in [1.807, 2.05) is 37.3 Å². The van der Waals surface area contributed by atoms with Crippen molar-refractivity contribution in [3.63, 3.8) is 0 Å². The first-order valence-electron chi connectivity index (χ1n) is 6.78. The normalized spacial score (nSPS) is 15.3. The van der Waals surface area contributed by atoms with E-state index in [4.69, 9.17) is 4.74 Å². The molecule has 1 aromatic carbocycles. The molecular formula is C16H17NO2S. The highest BCUT2D eigenvalue weighted by Crippen LogP contribution is 2.33. The maximum absolute atomic E-state index is 12.7. The number of carbonyl (C=O) groups excluding carboxylic acids is 1. The molecule has 0 saturated carbocycles. The summed E-state index contributed by atoms with van der Waals surface area (Å²) in [5.74, 6) is 0.117. The van der Waals surface area contributed by atoms with E-state index in [1.54, 1.807) is 11.3 Å². The molecule has 0 spiro atoms. The minimum Gasteiger partial charge on any atom is -0.378 e. The second-order valence-electron chi connectivity index (χ2n) is 4.89. The van der Waals surface area contributed by atoms with E-state index in [1.165, 1.54) is 0 Å². The minimum absolute atomic E-state index is 0.117. The first-order valence-corrected chi connectivity index (χ1v) is 7.66. The molecule has 0 bridgehead atoms. The zero-order valence-electron chi connectivity index (χ0n) is 11.5. The van der Waals surface area contributed by atoms with Gasteiger partial charge in [0.05, 0.1) is 18.8 Å². The first-order chi connectivity index (χ1) is 9.77. The SMILES string of the molecule is Cc1csc(N2CCOCC2)c1C(=O)c1ccccc1. The molecule has 0 radical (unpaired) electrons. The molecule has 2 heterocycles. The highest BCUT2D eigenvalue weighted by molar-refractivity contribution is 7.14. The van der Waals surface area contributed by atoms with Crippen LogP contribution < -0.4 is 4.90 Å². The van der Waals surface area contributed by atoms with Crippen LogP contribution in [0.15, 0.2) is 35.7 Å². The van der Waals surface area contributed by atoms with Crippen LogP contribution in [0.3, 0.4) is 0 Å². The van der Waals surface area contributed by atoms with Crippen LogP contribution in [0, 0.1) is 6.92 Å². The molecule has 1 saturated heterocycles. The highest BCUT2D eigenvalue weighted by atomic mass is 32.1. The van der Waals surface area contributed by atoms with Crippen molar-refractivity contribution in [3.8, 4) is 0 Å². The Kier molecular flexibility index (Phi) is 3.85. The molecule has 0 aliphatic carbocycles. The fourth-order valence-corrected chi connectivity index (χ4v) is 3.55. The Morgan fingerprint density at radius 1 is 1.20 bits per heavy atom. The van der Waals surface area contributed by atoms with Gasteiger partial charge in [0.25, 0.3) is 0 Å². The molecular weight excluding hydrogens is 270 g/mol. The summed E-state index contributed by atoms with van der Waals surface area (Å²) >= 11 is 1.66. The Balaban J connectivity index is 1.96. The van der Waals surface area contributed by atoms with Gasteiger partial charge in [-0.2, -0.15) is 0 Å². The Bertz CT molecular complexity index is 600. The fourth-order valence-electron chi connectivity index (χ4n) is 2.44. The van der Waals surface area contributed by atoms with E-state index in [9.17, 15) is 4.79 Å². The van der Waals surface area contributed by atoms with Crippen molar-refractivity contribution in [2.45, 2.75) is 6.92 Å². The molecule has 1 aliphatic rings. The van der Waals surface area contributed by atoms with E-state index in [0.29, 0.717) is 0 Å². The number of ether oxygens (including phenoxy) is 1. The topological polar surface area (TPSA) is 29.5 Å². The third-order valence-corrected chi connectivity index (χ3v) is 4.67. The van der Waals surface area contributed by atoms with Gasteiger partial charge in [0.2, 0.25) is 0 Å². The summed E-state index contributed by atoms with van der Waals surface area (Å²) in [6, 6.07) is 9.50. The van der Waals surface area contributed by atoms with Crippen LogP contribution in [0.1, 0.15) is 21.5 Å². The second-order valence-corrected chi connectivity index (χ2v) is 5.75. The number of aryl methyl sites for hydroxylation is 1. The number of hydrogen-bond acceptors (Lipinski definition) is 4. The summed E-state index contributed by atoms with van der Waals surface area (Å²) < 4.78 is 5.39. The molecule has 0 atom stereocenters. The van der Waals surface area contributed by atoms with E-state index in [-0.39, 0.29) is 5.78 Å². The van der Waals surface area contributed by atoms with E-state index >= 15 is 0 Å². The lowest BCUT2D eigenvalue weighted by Gasteiger charge is -2.28. The van der Waals surface area contributed by atoms with Crippen molar-refractivity contribution in [1.29, 1.82) is 0 Å². The van der Waals surface area contributed by atoms with Gasteiger partial charge in [-0.3, -0.25) is 4.79 Å². The molecule has 2 aromatic rings. The predicted molar refractivity (Wildman–Crippen MR) is 82.0 cm³/mol. The van der Waals surface area contributed by atoms with Crippen molar-refractivity contribution in [2.75, 3.05) is 31.2 Å². The third-order valence-electron chi connectivity index (χ3n) is 3.52. The lowest BCUT2D eigenvalue weighted by Crippen LogP contribution is -2.36. The molecule has 3 nitrogen and oxygen atoms in total. The van der Waals surface area contributed by atoms with Gasteiger partial charge in [-0.05, 0) is 17.9 Å². The molecule has 3 rings (SSSR count). The number of ketones is 1. The van der Waals surface area contributed by atoms with Gasteiger partial charge in [0, 0.05) is 18.7 Å². The summed E-state index contributed by atoms with van der Waals surface area (Å²) in [4.78, 5) is 15.0. The molecule has 20 heavy (non-hydrogen) atoms. The van der Waals surface area contributed by atoms with Crippen LogP contribution in [0.4, 0.5) is 5.00 Å². The second kappa shape index (κ2) is 5.77. The fraction of sp³-hybridized carbons (Fsp3) is 0.312. The number of thiophene rings is 1. The number of carbonyl (C=O) groups is 1. The van der Waals surface area contributed by atoms with Crippen LogP contribution in [-0.4, -0.2) is 32.1 Å². The van der Waals surface area contributed by atoms with Crippen molar-refractivity contribution >= 4 is 22.1 Å². The number of morpholine rings is 1. The quantitative estimate of drug-likeness (QED) is 0.812. The van der Waals surface area contributed by atoms with Crippen LogP contribution in [0.2, 0.25) is 0 Å². The summed E-state index contributed by atoms with van der Waals surface area (Å²) in [7, 11) is 0. The van der Waals surface area contributed by atoms with Crippen LogP contribution in [-0.2, 0) is 4.74 Å². The molecule has 0 unspecified atom stereocenters. The van der Waals surface area contributed by atoms with E-state index < -0.39 is 0 Å². The molecule has 0 amide bonds. The summed E-state index contributed by atoms with van der Waals surface area (Å²) in [5, 5.41) is 3.15. The van der Waals surface area contributed by atoms with Crippen LogP contribution >= 0.6 is 11.3 Å². The van der Waals surface area contributed by atoms with Gasteiger partial charge in [-0.1, -0.05) is 30.3 Å². The highest BCUT2D eigenvalue weighted by Gasteiger charge is 2.23. The zero-order valence-corrected chi connectivity index (χ0v) is 12.3.